The summed E-state index contributed by atoms with van der Waals surface area (Å²) in [4.78, 5) is 2.30. The van der Waals surface area contributed by atoms with Gasteiger partial charge in [-0.25, -0.2) is 0 Å². The maximum Gasteiger partial charge on any atom is 0.127 e. The molecule has 3 rings (SSSR count). The van der Waals surface area contributed by atoms with E-state index in [1.807, 2.05) is 24.3 Å². The summed E-state index contributed by atoms with van der Waals surface area (Å²) >= 11 is 0. The second kappa shape index (κ2) is 7.80. The Balaban J connectivity index is 1.54. The lowest BCUT2D eigenvalue weighted by molar-refractivity contribution is 0.0566. The first-order chi connectivity index (χ1) is 11.2. The topological polar surface area (TPSA) is 32.7 Å². The van der Waals surface area contributed by atoms with Gasteiger partial charge in [-0.2, -0.15) is 0 Å². The zero-order chi connectivity index (χ0) is 16.1. The molecule has 2 aromatic carbocycles. The van der Waals surface area contributed by atoms with E-state index >= 15 is 0 Å². The molecule has 1 saturated carbocycles. The molecule has 0 heterocycles. The quantitative estimate of drug-likeness (QED) is 0.879. The lowest BCUT2D eigenvalue weighted by Gasteiger charge is -2.32. The van der Waals surface area contributed by atoms with Crippen molar-refractivity contribution in [3.8, 4) is 5.75 Å². The van der Waals surface area contributed by atoms with Gasteiger partial charge in [-0.1, -0.05) is 55.7 Å². The van der Waals surface area contributed by atoms with Crippen molar-refractivity contribution in [3.05, 3.63) is 42.5 Å². The lowest BCUT2D eigenvalue weighted by Crippen LogP contribution is -2.40. The largest absolute Gasteiger partial charge is 0.490 e. The number of hydrogen-bond donors (Lipinski definition) is 1. The molecule has 0 amide bonds. The number of likely N-dealkylation sites (N-methyl/N-ethyl adjacent to an activating group) is 1. The third kappa shape index (κ3) is 4.24. The first-order valence-electron chi connectivity index (χ1n) is 8.73. The maximum absolute atomic E-state index is 10.3. The molecule has 23 heavy (non-hydrogen) atoms. The Kier molecular flexibility index (Phi) is 5.52. The third-order valence-corrected chi connectivity index (χ3v) is 4.88. The smallest absolute Gasteiger partial charge is 0.127 e. The molecule has 0 aromatic heterocycles. The summed E-state index contributed by atoms with van der Waals surface area (Å²) in [6.07, 6.45) is 6.05. The summed E-state index contributed by atoms with van der Waals surface area (Å²) in [5, 5.41) is 12.6. The van der Waals surface area contributed by atoms with E-state index in [-0.39, 0.29) is 0 Å². The summed E-state index contributed by atoms with van der Waals surface area (Å²) in [7, 11) is 2.12. The van der Waals surface area contributed by atoms with Crippen molar-refractivity contribution in [2.24, 2.45) is 0 Å². The Morgan fingerprint density at radius 1 is 1.09 bits per heavy atom. The molecule has 3 heteroatoms. The van der Waals surface area contributed by atoms with Gasteiger partial charge in [-0.15, -0.1) is 0 Å². The van der Waals surface area contributed by atoms with Crippen LogP contribution in [-0.4, -0.2) is 42.4 Å². The molecule has 1 atom stereocenters. The molecule has 0 radical (unpaired) electrons. The highest BCUT2D eigenvalue weighted by Gasteiger charge is 2.20. The molecule has 3 nitrogen and oxygen atoms in total. The summed E-state index contributed by atoms with van der Waals surface area (Å²) in [6, 6.07) is 14.9. The van der Waals surface area contributed by atoms with Gasteiger partial charge in [0.15, 0.2) is 0 Å². The fourth-order valence-corrected chi connectivity index (χ4v) is 3.56. The molecule has 124 valence electrons. The number of ether oxygens (including phenoxy) is 1. The minimum atomic E-state index is -0.458. The first-order valence-corrected chi connectivity index (χ1v) is 8.73. The highest BCUT2D eigenvalue weighted by atomic mass is 16.5. The van der Waals surface area contributed by atoms with E-state index in [2.05, 4.69) is 30.1 Å². The molecule has 0 aliphatic heterocycles. The average Bonchev–Trinajstić information content (AvgIpc) is 2.60. The van der Waals surface area contributed by atoms with Crippen LogP contribution < -0.4 is 4.74 Å². The number of aliphatic hydroxyl groups excluding tert-OH is 1. The van der Waals surface area contributed by atoms with Gasteiger partial charge in [0.2, 0.25) is 0 Å². The van der Waals surface area contributed by atoms with E-state index in [4.69, 9.17) is 4.74 Å². The number of rotatable bonds is 6. The first kappa shape index (κ1) is 16.3. The van der Waals surface area contributed by atoms with Crippen molar-refractivity contribution in [3.63, 3.8) is 0 Å². The van der Waals surface area contributed by atoms with Crippen LogP contribution in [0.2, 0.25) is 0 Å². The van der Waals surface area contributed by atoms with Crippen LogP contribution >= 0.6 is 0 Å². The van der Waals surface area contributed by atoms with Crippen molar-refractivity contribution in [1.82, 2.24) is 4.90 Å². The maximum atomic E-state index is 10.3. The van der Waals surface area contributed by atoms with E-state index in [0.29, 0.717) is 19.2 Å². The predicted molar refractivity (Wildman–Crippen MR) is 95.0 cm³/mol. The van der Waals surface area contributed by atoms with Crippen molar-refractivity contribution in [1.29, 1.82) is 0 Å². The molecule has 1 aliphatic rings. The Morgan fingerprint density at radius 2 is 1.83 bits per heavy atom. The Hall–Kier alpha value is -1.58. The molecular weight excluding hydrogens is 286 g/mol. The summed E-state index contributed by atoms with van der Waals surface area (Å²) in [6.45, 7) is 1.01. The predicted octanol–water partition coefficient (Wildman–Crippen LogP) is 3.84. The molecule has 1 aliphatic carbocycles. The fourth-order valence-electron chi connectivity index (χ4n) is 3.56. The molecule has 0 bridgehead atoms. The molecule has 0 saturated heterocycles. The highest BCUT2D eigenvalue weighted by molar-refractivity contribution is 5.88. The Labute approximate surface area is 138 Å². The van der Waals surface area contributed by atoms with Gasteiger partial charge in [0.05, 0.1) is 0 Å². The van der Waals surface area contributed by atoms with Gasteiger partial charge in [-0.3, -0.25) is 0 Å². The minimum absolute atomic E-state index is 0.338. The highest BCUT2D eigenvalue weighted by Crippen LogP contribution is 2.25. The van der Waals surface area contributed by atoms with E-state index in [1.165, 1.54) is 37.5 Å². The van der Waals surface area contributed by atoms with Gasteiger partial charge in [0.25, 0.3) is 0 Å². The summed E-state index contributed by atoms with van der Waals surface area (Å²) in [5.41, 5.74) is 0. The number of nitrogens with zero attached hydrogens (tertiary/aromatic N) is 1. The van der Waals surface area contributed by atoms with Crippen molar-refractivity contribution >= 4 is 10.8 Å². The second-order valence-corrected chi connectivity index (χ2v) is 6.67. The number of benzene rings is 2. The zero-order valence-electron chi connectivity index (χ0n) is 13.9. The van der Waals surface area contributed by atoms with Crippen LogP contribution in [0.1, 0.15) is 32.1 Å². The van der Waals surface area contributed by atoms with Gasteiger partial charge in [-0.05, 0) is 31.3 Å². The van der Waals surface area contributed by atoms with E-state index in [1.54, 1.807) is 0 Å². The van der Waals surface area contributed by atoms with Crippen molar-refractivity contribution < 1.29 is 9.84 Å². The van der Waals surface area contributed by atoms with E-state index < -0.39 is 6.10 Å². The van der Waals surface area contributed by atoms with Gasteiger partial charge in [0.1, 0.15) is 18.5 Å². The van der Waals surface area contributed by atoms with Crippen LogP contribution in [0.4, 0.5) is 0 Å². The minimum Gasteiger partial charge on any atom is -0.490 e. The average molecular weight is 313 g/mol. The number of aliphatic hydroxyl groups is 1. The van der Waals surface area contributed by atoms with Crippen molar-refractivity contribution in [2.75, 3.05) is 20.2 Å². The van der Waals surface area contributed by atoms with E-state index in [9.17, 15) is 5.11 Å². The van der Waals surface area contributed by atoms with Crippen LogP contribution in [-0.2, 0) is 0 Å². The molecule has 2 aromatic rings. The third-order valence-electron chi connectivity index (χ3n) is 4.88. The van der Waals surface area contributed by atoms with Crippen LogP contribution in [0.25, 0.3) is 10.8 Å². The number of fused-ring (bicyclic) bond motifs is 1. The molecule has 0 unspecified atom stereocenters. The van der Waals surface area contributed by atoms with Crippen molar-refractivity contribution in [2.45, 2.75) is 44.2 Å². The van der Waals surface area contributed by atoms with Crippen LogP contribution in [0.15, 0.2) is 42.5 Å². The van der Waals surface area contributed by atoms with Crippen LogP contribution in [0.5, 0.6) is 5.75 Å². The monoisotopic (exact) mass is 313 g/mol. The normalized spacial score (nSPS) is 17.5. The van der Waals surface area contributed by atoms with Gasteiger partial charge < -0.3 is 14.7 Å². The van der Waals surface area contributed by atoms with E-state index in [0.717, 1.165) is 11.1 Å². The van der Waals surface area contributed by atoms with Crippen LogP contribution in [0.3, 0.4) is 0 Å². The standard InChI is InChI=1S/C20H27NO2/c1-21(17-10-3-2-4-11-17)14-18(22)15-23-20-13-7-9-16-8-5-6-12-19(16)20/h5-9,12-13,17-18,22H,2-4,10-11,14-15H2,1H3/t18-/m0/s1. The van der Waals surface area contributed by atoms with Gasteiger partial charge in [0, 0.05) is 18.0 Å². The second-order valence-electron chi connectivity index (χ2n) is 6.67. The summed E-state index contributed by atoms with van der Waals surface area (Å²) in [5.74, 6) is 0.850. The number of hydrogen-bond acceptors (Lipinski definition) is 3. The SMILES string of the molecule is CN(C[C@H](O)COc1cccc2ccccc12)C1CCCCC1. The zero-order valence-corrected chi connectivity index (χ0v) is 13.9. The van der Waals surface area contributed by atoms with Crippen LogP contribution in [0, 0.1) is 0 Å². The Morgan fingerprint density at radius 3 is 2.65 bits per heavy atom. The molecular formula is C20H27NO2. The van der Waals surface area contributed by atoms with Gasteiger partial charge >= 0.3 is 0 Å². The molecule has 0 spiro atoms. The molecule has 1 N–H and O–H groups in total. The fraction of sp³-hybridized carbons (Fsp3) is 0.500. The lowest BCUT2D eigenvalue weighted by atomic mass is 9.94. The summed E-state index contributed by atoms with van der Waals surface area (Å²) < 4.78 is 5.89. The molecule has 1 fully saturated rings. The Bertz CT molecular complexity index is 617.